The number of carbonyl (C=O) groups is 1. The quantitative estimate of drug-likeness (QED) is 0.874. The van der Waals surface area contributed by atoms with Gasteiger partial charge in [-0.05, 0) is 56.2 Å². The fraction of sp³-hybridized carbons (Fsp3) is 0.421. The first-order valence-electron chi connectivity index (χ1n) is 8.58. The van der Waals surface area contributed by atoms with Crippen molar-refractivity contribution in [3.63, 3.8) is 0 Å². The van der Waals surface area contributed by atoms with E-state index in [9.17, 15) is 9.18 Å². The Hall–Kier alpha value is -2.34. The van der Waals surface area contributed by atoms with Crippen LogP contribution in [0.25, 0.3) is 0 Å². The number of hydrogen-bond acceptors (Lipinski definition) is 4. The van der Waals surface area contributed by atoms with Gasteiger partial charge in [0.05, 0.1) is 0 Å². The molecule has 6 heteroatoms. The molecule has 0 unspecified atom stereocenters. The van der Waals surface area contributed by atoms with Gasteiger partial charge in [-0.1, -0.05) is 0 Å². The number of furan rings is 1. The molecule has 5 nitrogen and oxygen atoms in total. The minimum atomic E-state index is -0.263. The van der Waals surface area contributed by atoms with E-state index in [1.807, 2.05) is 6.92 Å². The van der Waals surface area contributed by atoms with Crippen LogP contribution in [0.5, 0.6) is 5.75 Å². The van der Waals surface area contributed by atoms with Crippen molar-refractivity contribution in [2.24, 2.45) is 0 Å². The topological polar surface area (TPSA) is 54.7 Å². The molecule has 1 N–H and O–H groups in total. The van der Waals surface area contributed by atoms with E-state index < -0.39 is 0 Å². The van der Waals surface area contributed by atoms with Crippen LogP contribution < -0.4 is 10.1 Å². The maximum atomic E-state index is 12.8. The van der Waals surface area contributed by atoms with Crippen molar-refractivity contribution < 1.29 is 18.3 Å². The summed E-state index contributed by atoms with van der Waals surface area (Å²) >= 11 is 0. The third kappa shape index (κ3) is 5.06. The number of halogens is 1. The predicted molar refractivity (Wildman–Crippen MR) is 92.3 cm³/mol. The smallest absolute Gasteiger partial charge is 0.287 e. The Balaban J connectivity index is 1.35. The normalized spacial score (nSPS) is 15.9. The Morgan fingerprint density at radius 1 is 1.24 bits per heavy atom. The van der Waals surface area contributed by atoms with Gasteiger partial charge in [-0.15, -0.1) is 0 Å². The number of benzene rings is 1. The second kappa shape index (κ2) is 8.16. The number of piperidine rings is 1. The molecular weight excluding hydrogens is 323 g/mol. The molecule has 0 radical (unpaired) electrons. The zero-order valence-electron chi connectivity index (χ0n) is 14.3. The summed E-state index contributed by atoms with van der Waals surface area (Å²) in [6.45, 7) is 5.02. The van der Waals surface area contributed by atoms with Crippen molar-refractivity contribution in [3.05, 3.63) is 53.7 Å². The molecule has 0 spiro atoms. The third-order valence-electron chi connectivity index (χ3n) is 4.38. The standard InChI is InChI=1S/C19H23FN2O3/c1-14-2-7-18(25-14)19(23)21-16-8-10-22(11-9-16)12-13-24-17-5-3-15(20)4-6-17/h2-7,16H,8-13H2,1H3,(H,21,23). The number of nitrogens with one attached hydrogen (secondary N) is 1. The minimum Gasteiger partial charge on any atom is -0.492 e. The zero-order chi connectivity index (χ0) is 17.6. The average molecular weight is 346 g/mol. The van der Waals surface area contributed by atoms with Crippen LogP contribution in [-0.4, -0.2) is 43.1 Å². The van der Waals surface area contributed by atoms with Crippen molar-refractivity contribution in [3.8, 4) is 5.75 Å². The third-order valence-corrected chi connectivity index (χ3v) is 4.38. The van der Waals surface area contributed by atoms with Gasteiger partial charge < -0.3 is 14.5 Å². The van der Waals surface area contributed by atoms with Crippen LogP contribution in [0.4, 0.5) is 4.39 Å². The molecule has 1 amide bonds. The summed E-state index contributed by atoms with van der Waals surface area (Å²) in [7, 11) is 0. The minimum absolute atomic E-state index is 0.147. The number of likely N-dealkylation sites (tertiary alicyclic amines) is 1. The molecule has 25 heavy (non-hydrogen) atoms. The van der Waals surface area contributed by atoms with Crippen molar-refractivity contribution in [1.82, 2.24) is 10.2 Å². The van der Waals surface area contributed by atoms with Gasteiger partial charge >= 0.3 is 0 Å². The van der Waals surface area contributed by atoms with Gasteiger partial charge in [0.1, 0.15) is 23.9 Å². The second-order valence-corrected chi connectivity index (χ2v) is 6.30. The maximum Gasteiger partial charge on any atom is 0.287 e. The molecule has 3 rings (SSSR count). The molecule has 2 heterocycles. The van der Waals surface area contributed by atoms with E-state index >= 15 is 0 Å². The van der Waals surface area contributed by atoms with Crippen molar-refractivity contribution in [2.75, 3.05) is 26.2 Å². The van der Waals surface area contributed by atoms with Crippen LogP contribution in [0.1, 0.15) is 29.2 Å². The number of nitrogens with zero attached hydrogens (tertiary/aromatic N) is 1. The molecule has 0 aliphatic carbocycles. The molecule has 1 fully saturated rings. The van der Waals surface area contributed by atoms with Crippen LogP contribution >= 0.6 is 0 Å². The number of ether oxygens (including phenoxy) is 1. The van der Waals surface area contributed by atoms with Gasteiger partial charge in [-0.2, -0.15) is 0 Å². The number of amides is 1. The Morgan fingerprint density at radius 2 is 1.96 bits per heavy atom. The van der Waals surface area contributed by atoms with E-state index in [2.05, 4.69) is 10.2 Å². The number of rotatable bonds is 6. The first-order chi connectivity index (χ1) is 12.1. The summed E-state index contributed by atoms with van der Waals surface area (Å²) in [4.78, 5) is 14.4. The van der Waals surface area contributed by atoms with Gasteiger partial charge in [-0.25, -0.2) is 4.39 Å². The molecule has 134 valence electrons. The summed E-state index contributed by atoms with van der Waals surface area (Å²) in [6.07, 6.45) is 1.81. The van der Waals surface area contributed by atoms with Crippen molar-refractivity contribution in [1.29, 1.82) is 0 Å². The Bertz CT molecular complexity index is 691. The van der Waals surface area contributed by atoms with Crippen LogP contribution in [0.2, 0.25) is 0 Å². The lowest BCUT2D eigenvalue weighted by Gasteiger charge is -2.32. The summed E-state index contributed by atoms with van der Waals surface area (Å²) in [6, 6.07) is 9.72. The van der Waals surface area contributed by atoms with Gasteiger partial charge in [0, 0.05) is 25.7 Å². The molecule has 1 aliphatic rings. The Labute approximate surface area is 146 Å². The second-order valence-electron chi connectivity index (χ2n) is 6.30. The lowest BCUT2D eigenvalue weighted by Crippen LogP contribution is -2.45. The van der Waals surface area contributed by atoms with Gasteiger partial charge in [-0.3, -0.25) is 9.69 Å². The first kappa shape index (κ1) is 17.5. The van der Waals surface area contributed by atoms with E-state index in [-0.39, 0.29) is 17.8 Å². The number of aryl methyl sites for hydroxylation is 1. The lowest BCUT2D eigenvalue weighted by molar-refractivity contribution is 0.0876. The molecule has 1 aromatic heterocycles. The number of carbonyl (C=O) groups excluding carboxylic acids is 1. The Kier molecular flexibility index (Phi) is 5.71. The SMILES string of the molecule is Cc1ccc(C(=O)NC2CCN(CCOc3ccc(F)cc3)CC2)o1. The molecule has 0 atom stereocenters. The average Bonchev–Trinajstić information content (AvgIpc) is 3.05. The van der Waals surface area contributed by atoms with Gasteiger partial charge in [0.2, 0.25) is 0 Å². The summed E-state index contributed by atoms with van der Waals surface area (Å²) < 4.78 is 23.8. The largest absolute Gasteiger partial charge is 0.492 e. The molecule has 1 aromatic carbocycles. The van der Waals surface area contributed by atoms with E-state index in [1.54, 1.807) is 24.3 Å². The van der Waals surface area contributed by atoms with Gasteiger partial charge in [0.25, 0.3) is 5.91 Å². The fourth-order valence-corrected chi connectivity index (χ4v) is 2.94. The highest BCUT2D eigenvalue weighted by molar-refractivity contribution is 5.91. The van der Waals surface area contributed by atoms with E-state index in [0.717, 1.165) is 38.2 Å². The summed E-state index contributed by atoms with van der Waals surface area (Å²) in [5.74, 6) is 1.37. The highest BCUT2D eigenvalue weighted by Crippen LogP contribution is 2.14. The Morgan fingerprint density at radius 3 is 2.60 bits per heavy atom. The van der Waals surface area contributed by atoms with E-state index in [4.69, 9.17) is 9.15 Å². The monoisotopic (exact) mass is 346 g/mol. The molecule has 2 aromatic rings. The van der Waals surface area contributed by atoms with Crippen molar-refractivity contribution >= 4 is 5.91 Å². The molecule has 1 aliphatic heterocycles. The highest BCUT2D eigenvalue weighted by Gasteiger charge is 2.22. The summed E-state index contributed by atoms with van der Waals surface area (Å²) in [5, 5.41) is 3.03. The predicted octanol–water partition coefficient (Wildman–Crippen LogP) is 3.00. The lowest BCUT2D eigenvalue weighted by atomic mass is 10.0. The van der Waals surface area contributed by atoms with Gasteiger partial charge in [0.15, 0.2) is 5.76 Å². The van der Waals surface area contributed by atoms with Crippen LogP contribution in [-0.2, 0) is 0 Å². The molecule has 0 bridgehead atoms. The van der Waals surface area contributed by atoms with Crippen LogP contribution in [0, 0.1) is 12.7 Å². The number of hydrogen-bond donors (Lipinski definition) is 1. The highest BCUT2D eigenvalue weighted by atomic mass is 19.1. The molecule has 1 saturated heterocycles. The maximum absolute atomic E-state index is 12.8. The van der Waals surface area contributed by atoms with Crippen LogP contribution in [0.15, 0.2) is 40.8 Å². The van der Waals surface area contributed by atoms with Crippen molar-refractivity contribution in [2.45, 2.75) is 25.8 Å². The van der Waals surface area contributed by atoms with Crippen LogP contribution in [0.3, 0.4) is 0 Å². The molecular formula is C19H23FN2O3. The summed E-state index contributed by atoms with van der Waals surface area (Å²) in [5.41, 5.74) is 0. The fourth-order valence-electron chi connectivity index (χ4n) is 2.94. The van der Waals surface area contributed by atoms with E-state index in [1.165, 1.54) is 12.1 Å². The molecule has 0 saturated carbocycles. The first-order valence-corrected chi connectivity index (χ1v) is 8.58. The zero-order valence-corrected chi connectivity index (χ0v) is 14.3. The van der Waals surface area contributed by atoms with E-state index in [0.29, 0.717) is 18.1 Å².